The molecule has 1 aliphatic rings. The maximum Gasteiger partial charge on any atom is 0.250 e. The minimum absolute atomic E-state index is 0.0388. The van der Waals surface area contributed by atoms with Gasteiger partial charge >= 0.3 is 0 Å². The SMILES string of the molecule is CC1(C)C(=O)Nc2ccccc2N1C(=O)CNc1ccccc1NC(=O)Cc1cccs1. The molecule has 3 aromatic rings. The number of nitrogens with one attached hydrogen (secondary N) is 3. The van der Waals surface area contributed by atoms with Crippen LogP contribution in [0, 0.1) is 0 Å². The first-order valence-electron chi connectivity index (χ1n) is 10.2. The monoisotopic (exact) mass is 448 g/mol. The smallest absolute Gasteiger partial charge is 0.250 e. The zero-order valence-electron chi connectivity index (χ0n) is 17.8. The molecule has 0 atom stereocenters. The molecule has 0 unspecified atom stereocenters. The van der Waals surface area contributed by atoms with E-state index in [0.29, 0.717) is 29.2 Å². The van der Waals surface area contributed by atoms with Gasteiger partial charge in [-0.2, -0.15) is 0 Å². The molecule has 2 aromatic carbocycles. The number of carbonyl (C=O) groups excluding carboxylic acids is 3. The number of hydrogen-bond donors (Lipinski definition) is 3. The zero-order chi connectivity index (χ0) is 22.7. The molecule has 0 bridgehead atoms. The first-order valence-corrected chi connectivity index (χ1v) is 11.1. The molecule has 4 rings (SSSR count). The molecule has 0 spiro atoms. The summed E-state index contributed by atoms with van der Waals surface area (Å²) in [6.07, 6.45) is 0.290. The van der Waals surface area contributed by atoms with E-state index in [2.05, 4.69) is 16.0 Å². The van der Waals surface area contributed by atoms with Crippen molar-refractivity contribution in [3.63, 3.8) is 0 Å². The fourth-order valence-electron chi connectivity index (χ4n) is 3.66. The highest BCUT2D eigenvalue weighted by molar-refractivity contribution is 7.10. The lowest BCUT2D eigenvalue weighted by Gasteiger charge is -2.42. The molecule has 3 amide bonds. The molecule has 2 heterocycles. The Balaban J connectivity index is 1.49. The number of carbonyl (C=O) groups is 3. The highest BCUT2D eigenvalue weighted by Gasteiger charge is 2.43. The van der Waals surface area contributed by atoms with E-state index in [9.17, 15) is 14.4 Å². The summed E-state index contributed by atoms with van der Waals surface area (Å²) < 4.78 is 0. The fourth-order valence-corrected chi connectivity index (χ4v) is 4.36. The van der Waals surface area contributed by atoms with Crippen molar-refractivity contribution in [2.75, 3.05) is 27.4 Å². The van der Waals surface area contributed by atoms with Crippen LogP contribution in [0.4, 0.5) is 22.7 Å². The van der Waals surface area contributed by atoms with Gasteiger partial charge in [0, 0.05) is 4.88 Å². The first kappa shape index (κ1) is 21.6. The van der Waals surface area contributed by atoms with Crippen molar-refractivity contribution < 1.29 is 14.4 Å². The summed E-state index contributed by atoms with van der Waals surface area (Å²) in [6, 6.07) is 18.3. The Hall–Kier alpha value is -3.65. The third-order valence-corrected chi connectivity index (χ3v) is 6.18. The topological polar surface area (TPSA) is 90.5 Å². The van der Waals surface area contributed by atoms with E-state index in [4.69, 9.17) is 0 Å². The van der Waals surface area contributed by atoms with Gasteiger partial charge in [0.2, 0.25) is 17.7 Å². The molecule has 164 valence electrons. The summed E-state index contributed by atoms with van der Waals surface area (Å²) in [4.78, 5) is 40.8. The highest BCUT2D eigenvalue weighted by atomic mass is 32.1. The Morgan fingerprint density at radius 2 is 1.72 bits per heavy atom. The van der Waals surface area contributed by atoms with Gasteiger partial charge in [0.15, 0.2) is 0 Å². The average Bonchev–Trinajstić information content (AvgIpc) is 3.26. The quantitative estimate of drug-likeness (QED) is 0.529. The third-order valence-electron chi connectivity index (χ3n) is 5.30. The molecule has 1 aliphatic heterocycles. The van der Waals surface area contributed by atoms with E-state index in [0.717, 1.165) is 4.88 Å². The lowest BCUT2D eigenvalue weighted by atomic mass is 9.96. The van der Waals surface area contributed by atoms with Crippen molar-refractivity contribution in [1.29, 1.82) is 0 Å². The predicted molar refractivity (Wildman–Crippen MR) is 128 cm³/mol. The van der Waals surface area contributed by atoms with Crippen molar-refractivity contribution in [3.05, 3.63) is 70.9 Å². The molecule has 0 saturated carbocycles. The van der Waals surface area contributed by atoms with Crippen LogP contribution < -0.4 is 20.9 Å². The third kappa shape index (κ3) is 4.36. The van der Waals surface area contributed by atoms with Crippen LogP contribution in [0.5, 0.6) is 0 Å². The number of hydrogen-bond acceptors (Lipinski definition) is 5. The number of amides is 3. The molecule has 7 nitrogen and oxygen atoms in total. The number of thiophene rings is 1. The number of fused-ring (bicyclic) bond motifs is 1. The molecule has 1 aromatic heterocycles. The van der Waals surface area contributed by atoms with E-state index >= 15 is 0 Å². The van der Waals surface area contributed by atoms with Crippen molar-refractivity contribution in [2.24, 2.45) is 0 Å². The van der Waals surface area contributed by atoms with Crippen LogP contribution in [0.1, 0.15) is 18.7 Å². The fraction of sp³-hybridized carbons (Fsp3) is 0.208. The van der Waals surface area contributed by atoms with Crippen LogP contribution in [0.3, 0.4) is 0 Å². The van der Waals surface area contributed by atoms with Crippen molar-refractivity contribution in [3.8, 4) is 0 Å². The van der Waals surface area contributed by atoms with E-state index in [-0.39, 0.29) is 24.3 Å². The molecule has 0 radical (unpaired) electrons. The standard InChI is InChI=1S/C24H24N4O3S/c1-24(2)23(31)27-19-11-5-6-12-20(19)28(24)22(30)15-25-17-9-3-4-10-18(17)26-21(29)14-16-8-7-13-32-16/h3-13,25H,14-15H2,1-2H3,(H,26,29)(H,27,31). The second kappa shape index (κ2) is 8.84. The van der Waals surface area contributed by atoms with Gasteiger partial charge < -0.3 is 16.0 Å². The largest absolute Gasteiger partial charge is 0.374 e. The molecule has 8 heteroatoms. The Bertz CT molecular complexity index is 1160. The maximum atomic E-state index is 13.2. The summed E-state index contributed by atoms with van der Waals surface area (Å²) >= 11 is 1.53. The average molecular weight is 449 g/mol. The summed E-state index contributed by atoms with van der Waals surface area (Å²) in [5.41, 5.74) is 1.44. The predicted octanol–water partition coefficient (Wildman–Crippen LogP) is 4.11. The van der Waals surface area contributed by atoms with Crippen LogP contribution in [-0.4, -0.2) is 29.8 Å². The molecule has 0 aliphatic carbocycles. The Kier molecular flexibility index (Phi) is 5.96. The van der Waals surface area contributed by atoms with Crippen LogP contribution in [0.15, 0.2) is 66.0 Å². The summed E-state index contributed by atoms with van der Waals surface area (Å²) in [7, 11) is 0. The highest BCUT2D eigenvalue weighted by Crippen LogP contribution is 2.36. The van der Waals surface area contributed by atoms with E-state index in [1.165, 1.54) is 16.2 Å². The first-order chi connectivity index (χ1) is 15.4. The maximum absolute atomic E-state index is 13.2. The van der Waals surface area contributed by atoms with Crippen molar-refractivity contribution >= 4 is 51.8 Å². The van der Waals surface area contributed by atoms with Crippen LogP contribution in [-0.2, 0) is 20.8 Å². The van der Waals surface area contributed by atoms with Crippen LogP contribution >= 0.6 is 11.3 Å². The summed E-state index contributed by atoms with van der Waals surface area (Å²) in [5, 5.41) is 10.8. The van der Waals surface area contributed by atoms with Gasteiger partial charge in [-0.3, -0.25) is 19.3 Å². The number of anilines is 4. The van der Waals surface area contributed by atoms with Gasteiger partial charge in [-0.25, -0.2) is 0 Å². The van der Waals surface area contributed by atoms with Crippen LogP contribution in [0.2, 0.25) is 0 Å². The Morgan fingerprint density at radius 3 is 2.47 bits per heavy atom. The molecule has 32 heavy (non-hydrogen) atoms. The van der Waals surface area contributed by atoms with Gasteiger partial charge in [0.1, 0.15) is 5.54 Å². The van der Waals surface area contributed by atoms with Gasteiger partial charge in [0.25, 0.3) is 0 Å². The number of nitrogens with zero attached hydrogens (tertiary/aromatic N) is 1. The zero-order valence-corrected chi connectivity index (χ0v) is 18.7. The molecule has 0 fully saturated rings. The Morgan fingerprint density at radius 1 is 1.00 bits per heavy atom. The lowest BCUT2D eigenvalue weighted by Crippen LogP contribution is -2.59. The summed E-state index contributed by atoms with van der Waals surface area (Å²) in [5.74, 6) is -0.626. The number of rotatable bonds is 6. The molecular weight excluding hydrogens is 424 g/mol. The van der Waals surface area contributed by atoms with Gasteiger partial charge in [0.05, 0.1) is 35.7 Å². The normalized spacial score (nSPS) is 14.3. The molecular formula is C24H24N4O3S. The van der Waals surface area contributed by atoms with Crippen molar-refractivity contribution in [2.45, 2.75) is 25.8 Å². The van der Waals surface area contributed by atoms with E-state index < -0.39 is 5.54 Å². The number of para-hydroxylation sites is 4. The molecule has 3 N–H and O–H groups in total. The minimum atomic E-state index is -1.04. The van der Waals surface area contributed by atoms with Crippen molar-refractivity contribution in [1.82, 2.24) is 0 Å². The van der Waals surface area contributed by atoms with E-state index in [1.54, 1.807) is 32.0 Å². The van der Waals surface area contributed by atoms with Gasteiger partial charge in [-0.15, -0.1) is 11.3 Å². The Labute approximate surface area is 190 Å². The molecule has 0 saturated heterocycles. The minimum Gasteiger partial charge on any atom is -0.374 e. The number of benzene rings is 2. The lowest BCUT2D eigenvalue weighted by molar-refractivity contribution is -0.125. The van der Waals surface area contributed by atoms with Gasteiger partial charge in [-0.1, -0.05) is 30.3 Å². The van der Waals surface area contributed by atoms with Crippen LogP contribution in [0.25, 0.3) is 0 Å². The second-order valence-corrected chi connectivity index (χ2v) is 9.00. The van der Waals surface area contributed by atoms with E-state index in [1.807, 2.05) is 47.8 Å². The van der Waals surface area contributed by atoms with Gasteiger partial charge in [-0.05, 0) is 49.6 Å². The second-order valence-electron chi connectivity index (χ2n) is 7.96. The summed E-state index contributed by atoms with van der Waals surface area (Å²) in [6.45, 7) is 3.40.